The Balaban J connectivity index is 1.96. The van der Waals surface area contributed by atoms with E-state index in [1.54, 1.807) is 13.2 Å². The van der Waals surface area contributed by atoms with E-state index >= 15 is 0 Å². The highest BCUT2D eigenvalue weighted by atomic mass is 16.5. The molecule has 1 aromatic heterocycles. The van der Waals surface area contributed by atoms with Crippen molar-refractivity contribution >= 4 is 5.97 Å². The van der Waals surface area contributed by atoms with Crippen LogP contribution in [0.15, 0.2) is 41.0 Å². The first-order chi connectivity index (χ1) is 9.22. The number of para-hydroxylation sites is 1. The molecule has 0 aliphatic rings. The molecule has 2 N–H and O–H groups in total. The smallest absolute Gasteiger partial charge is 0.372 e. The van der Waals surface area contributed by atoms with Gasteiger partial charge in [0.15, 0.2) is 0 Å². The predicted molar refractivity (Wildman–Crippen MR) is 69.2 cm³/mol. The van der Waals surface area contributed by atoms with E-state index < -0.39 is 5.97 Å². The van der Waals surface area contributed by atoms with Crippen LogP contribution >= 0.6 is 0 Å². The summed E-state index contributed by atoms with van der Waals surface area (Å²) in [6.07, 6.45) is 1.38. The van der Waals surface area contributed by atoms with Gasteiger partial charge >= 0.3 is 5.97 Å². The largest absolute Gasteiger partial charge is 0.496 e. The van der Waals surface area contributed by atoms with E-state index in [9.17, 15) is 4.79 Å². The van der Waals surface area contributed by atoms with Gasteiger partial charge in [-0.2, -0.15) is 0 Å². The summed E-state index contributed by atoms with van der Waals surface area (Å²) in [7, 11) is 1.62. The summed E-state index contributed by atoms with van der Waals surface area (Å²) in [4.78, 5) is 10.9. The molecule has 0 amide bonds. The quantitative estimate of drug-likeness (QED) is 0.834. The van der Waals surface area contributed by atoms with Crippen molar-refractivity contribution in [3.63, 3.8) is 0 Å². The first kappa shape index (κ1) is 13.2. The maximum absolute atomic E-state index is 10.9. The van der Waals surface area contributed by atoms with Gasteiger partial charge in [-0.3, -0.25) is 0 Å². The van der Waals surface area contributed by atoms with Crippen LogP contribution < -0.4 is 10.1 Å². The van der Waals surface area contributed by atoms with E-state index in [2.05, 4.69) is 5.32 Å². The normalized spacial score (nSPS) is 10.4. The van der Waals surface area contributed by atoms with Crippen LogP contribution in [0.25, 0.3) is 0 Å². The number of rotatable bonds is 6. The zero-order valence-corrected chi connectivity index (χ0v) is 10.6. The highest BCUT2D eigenvalue weighted by molar-refractivity contribution is 5.86. The summed E-state index contributed by atoms with van der Waals surface area (Å²) in [5.74, 6) is -0.271. The number of hydrogen-bond acceptors (Lipinski definition) is 4. The molecule has 1 aromatic carbocycles. The fourth-order valence-electron chi connectivity index (χ4n) is 1.84. The van der Waals surface area contributed by atoms with Crippen molar-refractivity contribution in [3.05, 3.63) is 53.5 Å². The van der Waals surface area contributed by atoms with Gasteiger partial charge in [0.05, 0.1) is 13.4 Å². The molecule has 0 aliphatic heterocycles. The maximum Gasteiger partial charge on any atom is 0.372 e. The SMILES string of the molecule is COc1ccccc1CNCc1ccoc1C(=O)O. The Morgan fingerprint density at radius 1 is 1.26 bits per heavy atom. The minimum absolute atomic E-state index is 0.0208. The zero-order chi connectivity index (χ0) is 13.7. The Morgan fingerprint density at radius 2 is 2.00 bits per heavy atom. The number of carboxylic acid groups (broad SMARTS) is 1. The number of carboxylic acids is 1. The molecule has 2 rings (SSSR count). The van der Waals surface area contributed by atoms with Crippen molar-refractivity contribution in [2.45, 2.75) is 13.1 Å². The summed E-state index contributed by atoms with van der Waals surface area (Å²) < 4.78 is 10.2. The van der Waals surface area contributed by atoms with Gasteiger partial charge in [0, 0.05) is 24.2 Å². The van der Waals surface area contributed by atoms with Crippen LogP contribution in [-0.2, 0) is 13.1 Å². The summed E-state index contributed by atoms with van der Waals surface area (Å²) >= 11 is 0. The van der Waals surface area contributed by atoms with Gasteiger partial charge in [0.2, 0.25) is 5.76 Å². The van der Waals surface area contributed by atoms with Crippen molar-refractivity contribution in [2.75, 3.05) is 7.11 Å². The third-order valence-corrected chi connectivity index (χ3v) is 2.76. The lowest BCUT2D eigenvalue weighted by molar-refractivity contribution is 0.0660. The molecular weight excluding hydrogens is 246 g/mol. The first-order valence-electron chi connectivity index (χ1n) is 5.84. The summed E-state index contributed by atoms with van der Waals surface area (Å²) in [5.41, 5.74) is 1.65. The summed E-state index contributed by atoms with van der Waals surface area (Å²) in [6.45, 7) is 1.02. The van der Waals surface area contributed by atoms with E-state index in [-0.39, 0.29) is 5.76 Å². The Labute approximate surface area is 110 Å². The molecule has 100 valence electrons. The van der Waals surface area contributed by atoms with E-state index in [0.717, 1.165) is 11.3 Å². The molecule has 0 radical (unpaired) electrons. The van der Waals surface area contributed by atoms with Crippen LogP contribution in [0.4, 0.5) is 0 Å². The minimum atomic E-state index is -1.06. The molecule has 0 atom stereocenters. The molecule has 2 aromatic rings. The topological polar surface area (TPSA) is 71.7 Å². The fraction of sp³-hybridized carbons (Fsp3) is 0.214. The lowest BCUT2D eigenvalue weighted by Gasteiger charge is -2.09. The standard InChI is InChI=1S/C14H15NO4/c1-18-12-5-3-2-4-10(12)8-15-9-11-6-7-19-13(11)14(16)17/h2-7,15H,8-9H2,1H3,(H,16,17). The van der Waals surface area contributed by atoms with E-state index in [1.165, 1.54) is 6.26 Å². The highest BCUT2D eigenvalue weighted by Crippen LogP contribution is 2.17. The number of aromatic carboxylic acids is 1. The van der Waals surface area contributed by atoms with Crippen molar-refractivity contribution in [2.24, 2.45) is 0 Å². The number of methoxy groups -OCH3 is 1. The number of benzene rings is 1. The average molecular weight is 261 g/mol. The van der Waals surface area contributed by atoms with Crippen LogP contribution in [0.2, 0.25) is 0 Å². The Kier molecular flexibility index (Phi) is 4.20. The number of nitrogens with one attached hydrogen (secondary N) is 1. The predicted octanol–water partition coefficient (Wildman–Crippen LogP) is 2.28. The minimum Gasteiger partial charge on any atom is -0.496 e. The van der Waals surface area contributed by atoms with E-state index in [4.69, 9.17) is 14.3 Å². The number of ether oxygens (including phenoxy) is 1. The molecule has 1 heterocycles. The van der Waals surface area contributed by atoms with E-state index in [1.807, 2.05) is 24.3 Å². The summed E-state index contributed by atoms with van der Waals surface area (Å²) in [5, 5.41) is 12.1. The third kappa shape index (κ3) is 3.14. The van der Waals surface area contributed by atoms with Gasteiger partial charge in [0.25, 0.3) is 0 Å². The zero-order valence-electron chi connectivity index (χ0n) is 10.6. The van der Waals surface area contributed by atoms with Crippen molar-refractivity contribution in [1.82, 2.24) is 5.32 Å². The van der Waals surface area contributed by atoms with Crippen LogP contribution in [0.5, 0.6) is 5.75 Å². The number of hydrogen-bond donors (Lipinski definition) is 2. The first-order valence-corrected chi connectivity index (χ1v) is 5.84. The number of furan rings is 1. The van der Waals surface area contributed by atoms with Crippen LogP contribution in [0, 0.1) is 0 Å². The lowest BCUT2D eigenvalue weighted by atomic mass is 10.2. The average Bonchev–Trinajstić information content (AvgIpc) is 2.88. The Hall–Kier alpha value is -2.27. The second-order valence-electron chi connectivity index (χ2n) is 4.00. The molecule has 5 nitrogen and oxygen atoms in total. The molecule has 0 spiro atoms. The van der Waals surface area contributed by atoms with Gasteiger partial charge < -0.3 is 19.6 Å². The molecule has 5 heteroatoms. The molecule has 0 saturated carbocycles. The molecular formula is C14H15NO4. The van der Waals surface area contributed by atoms with Gasteiger partial charge in [-0.05, 0) is 12.1 Å². The Bertz CT molecular complexity index is 562. The van der Waals surface area contributed by atoms with E-state index in [0.29, 0.717) is 18.7 Å². The molecule has 0 fully saturated rings. The van der Waals surface area contributed by atoms with Crippen molar-refractivity contribution < 1.29 is 19.1 Å². The third-order valence-electron chi connectivity index (χ3n) is 2.76. The van der Waals surface area contributed by atoms with Gasteiger partial charge in [-0.25, -0.2) is 4.79 Å². The van der Waals surface area contributed by atoms with Gasteiger partial charge in [0.1, 0.15) is 5.75 Å². The van der Waals surface area contributed by atoms with Crippen LogP contribution in [0.3, 0.4) is 0 Å². The van der Waals surface area contributed by atoms with Crippen molar-refractivity contribution in [3.8, 4) is 5.75 Å². The summed E-state index contributed by atoms with van der Waals surface area (Å²) in [6, 6.07) is 9.33. The molecule has 0 bridgehead atoms. The Morgan fingerprint density at radius 3 is 2.74 bits per heavy atom. The molecule has 19 heavy (non-hydrogen) atoms. The number of carbonyl (C=O) groups is 1. The van der Waals surface area contributed by atoms with Crippen LogP contribution in [-0.4, -0.2) is 18.2 Å². The molecule has 0 unspecified atom stereocenters. The van der Waals surface area contributed by atoms with Crippen molar-refractivity contribution in [1.29, 1.82) is 0 Å². The van der Waals surface area contributed by atoms with Crippen LogP contribution in [0.1, 0.15) is 21.7 Å². The molecule has 0 saturated heterocycles. The monoisotopic (exact) mass is 261 g/mol. The second-order valence-corrected chi connectivity index (χ2v) is 4.00. The highest BCUT2D eigenvalue weighted by Gasteiger charge is 2.13. The maximum atomic E-state index is 10.9. The van der Waals surface area contributed by atoms with Gasteiger partial charge in [-0.1, -0.05) is 18.2 Å². The molecule has 0 aliphatic carbocycles. The van der Waals surface area contributed by atoms with Gasteiger partial charge in [-0.15, -0.1) is 0 Å². The fourth-order valence-corrected chi connectivity index (χ4v) is 1.84. The lowest BCUT2D eigenvalue weighted by Crippen LogP contribution is -2.14. The second kappa shape index (κ2) is 6.06.